The van der Waals surface area contributed by atoms with E-state index >= 15 is 0 Å². The first-order valence-corrected chi connectivity index (χ1v) is 10.3. The fourth-order valence-electron chi connectivity index (χ4n) is 4.31. The van der Waals surface area contributed by atoms with Crippen LogP contribution in [0, 0.1) is 0 Å². The summed E-state index contributed by atoms with van der Waals surface area (Å²) in [7, 11) is 3.30. The van der Waals surface area contributed by atoms with Crippen molar-refractivity contribution in [1.29, 1.82) is 0 Å². The van der Waals surface area contributed by atoms with Crippen LogP contribution in [0.1, 0.15) is 44.6 Å². The predicted molar refractivity (Wildman–Crippen MR) is 112 cm³/mol. The summed E-state index contributed by atoms with van der Waals surface area (Å²) in [6.45, 7) is 0. The van der Waals surface area contributed by atoms with Crippen LogP contribution in [0.25, 0.3) is 22.2 Å². The maximum atomic E-state index is 13.1. The number of nitrogens with zero attached hydrogens (tertiary/aromatic N) is 3. The lowest BCUT2D eigenvalue weighted by Gasteiger charge is -2.20. The lowest BCUT2D eigenvalue weighted by molar-refractivity contribution is 0.450. The molecule has 0 amide bonds. The van der Waals surface area contributed by atoms with Crippen molar-refractivity contribution in [1.82, 2.24) is 13.7 Å². The summed E-state index contributed by atoms with van der Waals surface area (Å²) in [6.07, 6.45) is 9.17. The molecule has 1 saturated carbocycles. The second-order valence-electron chi connectivity index (χ2n) is 7.51. The van der Waals surface area contributed by atoms with Crippen LogP contribution in [0.3, 0.4) is 0 Å². The Hall–Kier alpha value is -2.08. The van der Waals surface area contributed by atoms with Crippen molar-refractivity contribution in [2.45, 2.75) is 44.6 Å². The van der Waals surface area contributed by atoms with E-state index in [0.29, 0.717) is 16.9 Å². The first-order chi connectivity index (χ1) is 13.0. The van der Waals surface area contributed by atoms with Gasteiger partial charge in [0.25, 0.3) is 5.56 Å². The van der Waals surface area contributed by atoms with Crippen molar-refractivity contribution >= 4 is 26.8 Å². The Kier molecular flexibility index (Phi) is 4.84. The molecule has 0 saturated heterocycles. The van der Waals surface area contributed by atoms with Crippen LogP contribution < -0.4 is 11.2 Å². The minimum absolute atomic E-state index is 0.226. The molecule has 2 aromatic heterocycles. The van der Waals surface area contributed by atoms with Crippen LogP contribution in [-0.2, 0) is 14.1 Å². The van der Waals surface area contributed by atoms with Crippen LogP contribution in [0.5, 0.6) is 0 Å². The second-order valence-corrected chi connectivity index (χ2v) is 8.42. The van der Waals surface area contributed by atoms with E-state index in [1.54, 1.807) is 18.7 Å². The van der Waals surface area contributed by atoms with Crippen molar-refractivity contribution in [3.8, 4) is 11.3 Å². The lowest BCUT2D eigenvalue weighted by Crippen LogP contribution is -2.36. The molecule has 0 bridgehead atoms. The van der Waals surface area contributed by atoms with Crippen LogP contribution in [0.2, 0.25) is 0 Å². The van der Waals surface area contributed by atoms with Gasteiger partial charge in [0.1, 0.15) is 0 Å². The number of fused-ring (bicyclic) bond motifs is 1. The lowest BCUT2D eigenvalue weighted by atomic mass is 10.1. The maximum Gasteiger partial charge on any atom is 0.330 e. The number of benzene rings is 1. The zero-order chi connectivity index (χ0) is 19.1. The maximum absolute atomic E-state index is 13.1. The summed E-state index contributed by atoms with van der Waals surface area (Å²) >= 11 is 3.56. The first-order valence-electron chi connectivity index (χ1n) is 9.55. The molecule has 1 aliphatic carbocycles. The molecule has 1 fully saturated rings. The molecule has 1 aromatic carbocycles. The van der Waals surface area contributed by atoms with E-state index in [-0.39, 0.29) is 11.2 Å². The number of aryl methyl sites for hydroxylation is 1. The monoisotopic (exact) mass is 429 g/mol. The molecule has 1 aliphatic rings. The molecule has 0 aliphatic heterocycles. The quantitative estimate of drug-likeness (QED) is 0.568. The largest absolute Gasteiger partial charge is 0.342 e. The topological polar surface area (TPSA) is 48.9 Å². The Bertz CT molecular complexity index is 1110. The van der Waals surface area contributed by atoms with Gasteiger partial charge in [0, 0.05) is 36.4 Å². The highest BCUT2D eigenvalue weighted by molar-refractivity contribution is 9.10. The Morgan fingerprint density at radius 3 is 2.37 bits per heavy atom. The average Bonchev–Trinajstić information content (AvgIpc) is 2.85. The van der Waals surface area contributed by atoms with E-state index in [1.165, 1.54) is 30.3 Å². The molecule has 5 nitrogen and oxygen atoms in total. The van der Waals surface area contributed by atoms with Gasteiger partial charge in [0.15, 0.2) is 0 Å². The van der Waals surface area contributed by atoms with E-state index in [0.717, 1.165) is 28.6 Å². The molecule has 0 spiro atoms. The number of rotatable bonds is 2. The minimum Gasteiger partial charge on any atom is -0.342 e. The average molecular weight is 430 g/mol. The van der Waals surface area contributed by atoms with Crippen molar-refractivity contribution in [2.75, 3.05) is 0 Å². The van der Waals surface area contributed by atoms with Gasteiger partial charge < -0.3 is 4.57 Å². The van der Waals surface area contributed by atoms with E-state index in [4.69, 9.17) is 0 Å². The third-order valence-electron chi connectivity index (χ3n) is 5.78. The van der Waals surface area contributed by atoms with Crippen molar-refractivity contribution in [2.24, 2.45) is 14.1 Å². The molecular formula is C21H24BrN3O2. The normalized spacial score (nSPS) is 16.0. The van der Waals surface area contributed by atoms with Crippen LogP contribution >= 0.6 is 15.9 Å². The fourth-order valence-corrected chi connectivity index (χ4v) is 4.71. The summed E-state index contributed by atoms with van der Waals surface area (Å²) in [4.78, 5) is 25.5. The molecule has 142 valence electrons. The van der Waals surface area contributed by atoms with Gasteiger partial charge in [-0.25, -0.2) is 4.79 Å². The van der Waals surface area contributed by atoms with Gasteiger partial charge in [-0.3, -0.25) is 13.9 Å². The standard InChI is InChI=1S/C21H24BrN3O2/c1-23-17-13-25(16-10-5-3-4-6-11-16)19(14-8-7-9-15(22)12-14)18(17)20(26)24(2)21(23)27/h7-9,12-13,16H,3-6,10-11H2,1-2H3. The SMILES string of the molecule is Cn1c(=O)c2c(-c3cccc(Br)c3)n(C3CCCCCC3)cc2n(C)c1=O. The van der Waals surface area contributed by atoms with E-state index in [2.05, 4.69) is 20.5 Å². The van der Waals surface area contributed by atoms with Crippen LogP contribution in [-0.4, -0.2) is 13.7 Å². The second kappa shape index (κ2) is 7.15. The molecule has 0 N–H and O–H groups in total. The van der Waals surface area contributed by atoms with Gasteiger partial charge >= 0.3 is 5.69 Å². The number of halogens is 1. The zero-order valence-corrected chi connectivity index (χ0v) is 17.3. The van der Waals surface area contributed by atoms with Crippen LogP contribution in [0.15, 0.2) is 44.5 Å². The zero-order valence-electron chi connectivity index (χ0n) is 15.7. The van der Waals surface area contributed by atoms with E-state index in [9.17, 15) is 9.59 Å². The van der Waals surface area contributed by atoms with E-state index < -0.39 is 0 Å². The highest BCUT2D eigenvalue weighted by Crippen LogP contribution is 2.36. The van der Waals surface area contributed by atoms with Crippen molar-refractivity contribution in [3.63, 3.8) is 0 Å². The van der Waals surface area contributed by atoms with Crippen LogP contribution in [0.4, 0.5) is 0 Å². The van der Waals surface area contributed by atoms with Crippen molar-refractivity contribution in [3.05, 3.63) is 55.8 Å². The number of aromatic nitrogens is 3. The smallest absolute Gasteiger partial charge is 0.330 e. The Balaban J connectivity index is 2.09. The number of hydrogen-bond donors (Lipinski definition) is 0. The highest BCUT2D eigenvalue weighted by atomic mass is 79.9. The fraction of sp³-hybridized carbons (Fsp3) is 0.429. The van der Waals surface area contributed by atoms with Gasteiger partial charge in [-0.05, 0) is 25.0 Å². The molecule has 3 aromatic rings. The summed E-state index contributed by atoms with van der Waals surface area (Å²) in [5.41, 5.74) is 2.12. The Morgan fingerprint density at radius 1 is 1.00 bits per heavy atom. The van der Waals surface area contributed by atoms with Gasteiger partial charge in [-0.1, -0.05) is 53.7 Å². The highest BCUT2D eigenvalue weighted by Gasteiger charge is 2.24. The van der Waals surface area contributed by atoms with Gasteiger partial charge in [0.2, 0.25) is 0 Å². The first kappa shape index (κ1) is 18.3. The van der Waals surface area contributed by atoms with E-state index in [1.807, 2.05) is 30.5 Å². The number of hydrogen-bond acceptors (Lipinski definition) is 2. The molecule has 0 atom stereocenters. The summed E-state index contributed by atoms with van der Waals surface area (Å²) < 4.78 is 6.04. The molecule has 27 heavy (non-hydrogen) atoms. The molecule has 0 radical (unpaired) electrons. The molecule has 0 unspecified atom stereocenters. The molecule has 6 heteroatoms. The predicted octanol–water partition coefficient (Wildman–Crippen LogP) is 4.36. The summed E-state index contributed by atoms with van der Waals surface area (Å²) in [6, 6.07) is 8.42. The van der Waals surface area contributed by atoms with Crippen molar-refractivity contribution < 1.29 is 0 Å². The Morgan fingerprint density at radius 2 is 1.70 bits per heavy atom. The van der Waals surface area contributed by atoms with Gasteiger partial charge in [-0.2, -0.15) is 0 Å². The Labute approximate surface area is 166 Å². The molecular weight excluding hydrogens is 406 g/mol. The molecule has 4 rings (SSSR count). The minimum atomic E-state index is -0.286. The summed E-state index contributed by atoms with van der Waals surface area (Å²) in [5.74, 6) is 0. The van der Waals surface area contributed by atoms with Gasteiger partial charge in [-0.15, -0.1) is 0 Å². The third-order valence-corrected chi connectivity index (χ3v) is 6.28. The summed E-state index contributed by atoms with van der Waals surface area (Å²) in [5, 5.41) is 0.627. The molecule has 2 heterocycles. The third kappa shape index (κ3) is 3.10. The van der Waals surface area contributed by atoms with Gasteiger partial charge in [0.05, 0.1) is 16.6 Å².